The molecule has 0 spiro atoms. The predicted octanol–water partition coefficient (Wildman–Crippen LogP) is -0.225. The van der Waals surface area contributed by atoms with E-state index >= 15 is 0 Å². The molecule has 0 radical (unpaired) electrons. The minimum Gasteiger partial charge on any atom is -0.377 e. The third-order valence-electron chi connectivity index (χ3n) is 2.63. The fourth-order valence-corrected chi connectivity index (χ4v) is 1.65. The Labute approximate surface area is 108 Å². The van der Waals surface area contributed by atoms with E-state index in [1.165, 1.54) is 4.90 Å². The molecule has 1 saturated heterocycles. The summed E-state index contributed by atoms with van der Waals surface area (Å²) in [5.41, 5.74) is -0.371. The molecule has 0 aromatic rings. The quantitative estimate of drug-likeness (QED) is 0.759. The summed E-state index contributed by atoms with van der Waals surface area (Å²) in [6.07, 6.45) is 0. The smallest absolute Gasteiger partial charge is 0.249 e. The minimum atomic E-state index is -0.556. The predicted molar refractivity (Wildman–Crippen MR) is 66.1 cm³/mol. The van der Waals surface area contributed by atoms with E-state index < -0.39 is 6.04 Å². The summed E-state index contributed by atoms with van der Waals surface area (Å²) in [5, 5.41) is 2.54. The lowest BCUT2D eigenvalue weighted by atomic mass is 10.2. The summed E-state index contributed by atoms with van der Waals surface area (Å²) >= 11 is 0. The number of hydrogen-bond acceptors (Lipinski definition) is 4. The third-order valence-corrected chi connectivity index (χ3v) is 2.63. The number of carbonyl (C=O) groups excluding carboxylic acids is 2. The summed E-state index contributed by atoms with van der Waals surface area (Å²) in [6.45, 7) is 6.75. The van der Waals surface area contributed by atoms with Gasteiger partial charge in [0.1, 0.15) is 12.6 Å². The Bertz CT molecular complexity index is 312. The number of morpholine rings is 1. The van der Waals surface area contributed by atoms with Crippen molar-refractivity contribution in [3.63, 3.8) is 0 Å². The molecule has 1 rings (SSSR count). The average molecular weight is 258 g/mol. The lowest BCUT2D eigenvalue weighted by Crippen LogP contribution is -2.56. The van der Waals surface area contributed by atoms with Gasteiger partial charge >= 0.3 is 0 Å². The van der Waals surface area contributed by atoms with E-state index in [1.807, 2.05) is 20.8 Å². The lowest BCUT2D eigenvalue weighted by Gasteiger charge is -2.34. The molecule has 18 heavy (non-hydrogen) atoms. The molecule has 0 aromatic carbocycles. The zero-order valence-electron chi connectivity index (χ0n) is 11.5. The lowest BCUT2D eigenvalue weighted by molar-refractivity contribution is -0.154. The van der Waals surface area contributed by atoms with Crippen LogP contribution in [0.25, 0.3) is 0 Å². The molecule has 0 aliphatic carbocycles. The van der Waals surface area contributed by atoms with Crippen molar-refractivity contribution < 1.29 is 19.1 Å². The second-order valence-corrected chi connectivity index (χ2v) is 5.19. The molecular formula is C12H22N2O4. The van der Waals surface area contributed by atoms with Crippen LogP contribution in [0.2, 0.25) is 0 Å². The van der Waals surface area contributed by atoms with Gasteiger partial charge in [-0.15, -0.1) is 0 Å². The molecule has 1 atom stereocenters. The van der Waals surface area contributed by atoms with E-state index in [-0.39, 0.29) is 30.6 Å². The highest BCUT2D eigenvalue weighted by Crippen LogP contribution is 2.11. The summed E-state index contributed by atoms with van der Waals surface area (Å²) in [4.78, 5) is 25.2. The van der Waals surface area contributed by atoms with Crippen LogP contribution >= 0.6 is 0 Å². The Morgan fingerprint density at radius 1 is 1.44 bits per heavy atom. The number of hydrogen-bond donors (Lipinski definition) is 1. The molecule has 0 bridgehead atoms. The number of carbonyl (C=O) groups is 2. The topological polar surface area (TPSA) is 67.9 Å². The number of nitrogens with one attached hydrogen (secondary N) is 1. The fourth-order valence-electron chi connectivity index (χ4n) is 1.65. The SMILES string of the molecule is CNC(=O)C1COCCN1C(=O)COC(C)(C)C. The highest BCUT2D eigenvalue weighted by Gasteiger charge is 2.32. The van der Waals surface area contributed by atoms with Crippen molar-refractivity contribution in [1.29, 1.82) is 0 Å². The van der Waals surface area contributed by atoms with Crippen LogP contribution in [0.4, 0.5) is 0 Å². The maximum Gasteiger partial charge on any atom is 0.249 e. The van der Waals surface area contributed by atoms with Crippen molar-refractivity contribution in [2.45, 2.75) is 32.4 Å². The normalized spacial score (nSPS) is 20.7. The third kappa shape index (κ3) is 4.27. The first-order chi connectivity index (χ1) is 8.35. The Morgan fingerprint density at radius 3 is 2.67 bits per heavy atom. The van der Waals surface area contributed by atoms with Crippen LogP contribution in [0.5, 0.6) is 0 Å². The van der Waals surface area contributed by atoms with Crippen LogP contribution < -0.4 is 5.32 Å². The first kappa shape index (κ1) is 14.9. The highest BCUT2D eigenvalue weighted by molar-refractivity contribution is 5.88. The Hall–Kier alpha value is -1.14. The van der Waals surface area contributed by atoms with E-state index in [2.05, 4.69) is 5.32 Å². The van der Waals surface area contributed by atoms with E-state index in [9.17, 15) is 9.59 Å². The van der Waals surface area contributed by atoms with Crippen molar-refractivity contribution in [2.24, 2.45) is 0 Å². The fraction of sp³-hybridized carbons (Fsp3) is 0.833. The number of likely N-dealkylation sites (N-methyl/N-ethyl adjacent to an activating group) is 1. The van der Waals surface area contributed by atoms with Gasteiger partial charge < -0.3 is 19.7 Å². The van der Waals surface area contributed by atoms with E-state index in [0.717, 1.165) is 0 Å². The van der Waals surface area contributed by atoms with Gasteiger partial charge in [0.05, 0.1) is 18.8 Å². The molecule has 0 aromatic heterocycles. The van der Waals surface area contributed by atoms with Crippen molar-refractivity contribution in [1.82, 2.24) is 10.2 Å². The van der Waals surface area contributed by atoms with Gasteiger partial charge in [-0.2, -0.15) is 0 Å². The number of amides is 2. The first-order valence-corrected chi connectivity index (χ1v) is 6.08. The van der Waals surface area contributed by atoms with Gasteiger partial charge in [-0.1, -0.05) is 0 Å². The molecular weight excluding hydrogens is 236 g/mol. The van der Waals surface area contributed by atoms with E-state index in [0.29, 0.717) is 13.2 Å². The molecule has 2 amide bonds. The molecule has 1 heterocycles. The van der Waals surface area contributed by atoms with Gasteiger partial charge in [-0.25, -0.2) is 0 Å². The largest absolute Gasteiger partial charge is 0.377 e. The van der Waals surface area contributed by atoms with Gasteiger partial charge in [0.25, 0.3) is 0 Å². The van der Waals surface area contributed by atoms with Crippen molar-refractivity contribution in [3.05, 3.63) is 0 Å². The summed E-state index contributed by atoms with van der Waals surface area (Å²) < 4.78 is 10.7. The second-order valence-electron chi connectivity index (χ2n) is 5.19. The van der Waals surface area contributed by atoms with Crippen LogP contribution in [0.15, 0.2) is 0 Å². The molecule has 6 nitrogen and oxygen atoms in total. The van der Waals surface area contributed by atoms with Crippen LogP contribution in [0.3, 0.4) is 0 Å². The summed E-state index contributed by atoms with van der Waals surface area (Å²) in [6, 6.07) is -0.556. The molecule has 104 valence electrons. The second kappa shape index (κ2) is 6.15. The van der Waals surface area contributed by atoms with Crippen LogP contribution in [-0.2, 0) is 19.1 Å². The summed E-state index contributed by atoms with van der Waals surface area (Å²) in [7, 11) is 1.55. The standard InChI is InChI=1S/C12H22N2O4/c1-12(2,3)18-8-10(15)14-5-6-17-7-9(14)11(16)13-4/h9H,5-8H2,1-4H3,(H,13,16). The highest BCUT2D eigenvalue weighted by atomic mass is 16.5. The van der Waals surface area contributed by atoms with Crippen LogP contribution in [0.1, 0.15) is 20.8 Å². The zero-order valence-corrected chi connectivity index (χ0v) is 11.5. The van der Waals surface area contributed by atoms with Gasteiger partial charge in [-0.3, -0.25) is 9.59 Å². The number of rotatable bonds is 3. The molecule has 1 N–H and O–H groups in total. The minimum absolute atomic E-state index is 0.0169. The van der Waals surface area contributed by atoms with Gasteiger partial charge in [0, 0.05) is 13.6 Å². The van der Waals surface area contributed by atoms with Crippen LogP contribution in [-0.4, -0.2) is 61.8 Å². The monoisotopic (exact) mass is 258 g/mol. The molecule has 1 unspecified atom stereocenters. The Morgan fingerprint density at radius 2 is 2.11 bits per heavy atom. The average Bonchev–Trinajstić information content (AvgIpc) is 2.34. The molecule has 1 fully saturated rings. The summed E-state index contributed by atoms with van der Waals surface area (Å²) in [5.74, 6) is -0.388. The van der Waals surface area contributed by atoms with Crippen molar-refractivity contribution in [2.75, 3.05) is 33.4 Å². The van der Waals surface area contributed by atoms with E-state index in [4.69, 9.17) is 9.47 Å². The maximum absolute atomic E-state index is 12.0. The molecule has 6 heteroatoms. The molecule has 1 aliphatic heterocycles. The maximum atomic E-state index is 12.0. The number of ether oxygens (including phenoxy) is 2. The number of nitrogens with zero attached hydrogens (tertiary/aromatic N) is 1. The first-order valence-electron chi connectivity index (χ1n) is 6.08. The van der Waals surface area contributed by atoms with Crippen molar-refractivity contribution in [3.8, 4) is 0 Å². The Kier molecular flexibility index (Phi) is 5.10. The van der Waals surface area contributed by atoms with Gasteiger partial charge in [0.2, 0.25) is 11.8 Å². The van der Waals surface area contributed by atoms with Crippen molar-refractivity contribution >= 4 is 11.8 Å². The Balaban J connectivity index is 2.60. The zero-order chi connectivity index (χ0) is 13.8. The van der Waals surface area contributed by atoms with Gasteiger partial charge in [0.15, 0.2) is 0 Å². The van der Waals surface area contributed by atoms with E-state index in [1.54, 1.807) is 7.05 Å². The molecule has 0 saturated carbocycles. The van der Waals surface area contributed by atoms with Crippen LogP contribution in [0, 0.1) is 0 Å². The molecule has 1 aliphatic rings. The van der Waals surface area contributed by atoms with Gasteiger partial charge in [-0.05, 0) is 20.8 Å².